The number of benzene rings is 1. The second kappa shape index (κ2) is 6.76. The first-order chi connectivity index (χ1) is 9.60. The highest BCUT2D eigenvalue weighted by atomic mass is 19.3. The molecule has 0 unspecified atom stereocenters. The third-order valence-electron chi connectivity index (χ3n) is 3.39. The van der Waals surface area contributed by atoms with Gasteiger partial charge in [0.2, 0.25) is 0 Å². The van der Waals surface area contributed by atoms with E-state index in [4.69, 9.17) is 0 Å². The fourth-order valence-corrected chi connectivity index (χ4v) is 2.36. The van der Waals surface area contributed by atoms with Crippen molar-refractivity contribution in [3.8, 4) is 0 Å². The normalized spacial score (nSPS) is 20.1. The van der Waals surface area contributed by atoms with E-state index in [1.165, 1.54) is 7.11 Å². The molecule has 0 amide bonds. The third kappa shape index (κ3) is 3.74. The summed E-state index contributed by atoms with van der Waals surface area (Å²) in [4.78, 5) is 13.1. The quantitative estimate of drug-likeness (QED) is 0.854. The maximum absolute atomic E-state index is 12.4. The van der Waals surface area contributed by atoms with Gasteiger partial charge in [-0.2, -0.15) is 0 Å². The Balaban J connectivity index is 2.01. The van der Waals surface area contributed by atoms with Crippen molar-refractivity contribution in [3.05, 3.63) is 35.4 Å². The molecule has 1 aliphatic heterocycles. The van der Waals surface area contributed by atoms with E-state index >= 15 is 0 Å². The zero-order valence-corrected chi connectivity index (χ0v) is 11.3. The highest BCUT2D eigenvalue weighted by Crippen LogP contribution is 2.18. The topological polar surface area (TPSA) is 41.6 Å². The summed E-state index contributed by atoms with van der Waals surface area (Å²) >= 11 is 0. The Kier molecular flexibility index (Phi) is 5.03. The van der Waals surface area contributed by atoms with Crippen molar-refractivity contribution in [3.63, 3.8) is 0 Å². The molecule has 0 radical (unpaired) electrons. The molecule has 6 heteroatoms. The van der Waals surface area contributed by atoms with Crippen LogP contribution in [-0.2, 0) is 4.74 Å². The van der Waals surface area contributed by atoms with Crippen LogP contribution in [0.5, 0.6) is 0 Å². The van der Waals surface area contributed by atoms with Crippen LogP contribution in [0.2, 0.25) is 0 Å². The number of nitrogens with zero attached hydrogens (tertiary/aromatic N) is 1. The Morgan fingerprint density at radius 3 is 2.75 bits per heavy atom. The molecular formula is C14H18F2N2O2. The second-order valence-corrected chi connectivity index (χ2v) is 4.77. The fraction of sp³-hybridized carbons (Fsp3) is 0.500. The number of hydrogen-bond donors (Lipinski definition) is 1. The van der Waals surface area contributed by atoms with Crippen LogP contribution in [0, 0.1) is 0 Å². The van der Waals surface area contributed by atoms with Gasteiger partial charge in [0.1, 0.15) is 0 Å². The van der Waals surface area contributed by atoms with Crippen molar-refractivity contribution < 1.29 is 18.3 Å². The number of ether oxygens (including phenoxy) is 1. The molecule has 1 aromatic rings. The van der Waals surface area contributed by atoms with Crippen LogP contribution in [0.15, 0.2) is 24.3 Å². The van der Waals surface area contributed by atoms with Gasteiger partial charge >= 0.3 is 5.97 Å². The third-order valence-corrected chi connectivity index (χ3v) is 3.39. The lowest BCUT2D eigenvalue weighted by atomic mass is 10.0. The van der Waals surface area contributed by atoms with E-state index in [9.17, 15) is 13.6 Å². The van der Waals surface area contributed by atoms with E-state index in [2.05, 4.69) is 10.1 Å². The summed E-state index contributed by atoms with van der Waals surface area (Å²) in [5, 5.41) is 3.30. The smallest absolute Gasteiger partial charge is 0.337 e. The van der Waals surface area contributed by atoms with Gasteiger partial charge in [-0.1, -0.05) is 12.1 Å². The molecule has 0 saturated carbocycles. The summed E-state index contributed by atoms with van der Waals surface area (Å²) in [6.07, 6.45) is -2.31. The average molecular weight is 284 g/mol. The molecule has 1 aromatic carbocycles. The predicted molar refractivity (Wildman–Crippen MR) is 71.0 cm³/mol. The van der Waals surface area contributed by atoms with E-state index in [0.717, 1.165) is 5.56 Å². The van der Waals surface area contributed by atoms with Gasteiger partial charge in [0.25, 0.3) is 6.43 Å². The first-order valence-electron chi connectivity index (χ1n) is 6.52. The van der Waals surface area contributed by atoms with Crippen LogP contribution in [0.25, 0.3) is 0 Å². The second-order valence-electron chi connectivity index (χ2n) is 4.77. The lowest BCUT2D eigenvalue weighted by Gasteiger charge is -2.33. The number of carbonyl (C=O) groups is 1. The zero-order valence-electron chi connectivity index (χ0n) is 11.3. The summed E-state index contributed by atoms with van der Waals surface area (Å²) in [6.45, 7) is 1.65. The Hall–Kier alpha value is -1.53. The molecule has 0 aliphatic carbocycles. The lowest BCUT2D eigenvalue weighted by molar-refractivity contribution is 0.0600. The summed E-state index contributed by atoms with van der Waals surface area (Å²) in [5.41, 5.74) is 1.47. The number of methoxy groups -OCH3 is 1. The van der Waals surface area contributed by atoms with Crippen molar-refractivity contribution in [2.45, 2.75) is 12.5 Å². The van der Waals surface area contributed by atoms with E-state index in [0.29, 0.717) is 25.2 Å². The molecule has 1 heterocycles. The first-order valence-corrected chi connectivity index (χ1v) is 6.52. The van der Waals surface area contributed by atoms with Gasteiger partial charge < -0.3 is 10.1 Å². The molecule has 2 rings (SSSR count). The number of halogens is 2. The largest absolute Gasteiger partial charge is 0.465 e. The monoisotopic (exact) mass is 284 g/mol. The summed E-state index contributed by atoms with van der Waals surface area (Å²) < 4.78 is 29.5. The van der Waals surface area contributed by atoms with E-state index < -0.39 is 6.43 Å². The van der Waals surface area contributed by atoms with Crippen molar-refractivity contribution in [2.24, 2.45) is 0 Å². The van der Waals surface area contributed by atoms with Crippen molar-refractivity contribution in [1.82, 2.24) is 10.2 Å². The Morgan fingerprint density at radius 2 is 2.15 bits per heavy atom. The molecule has 0 bridgehead atoms. The number of carbonyl (C=O) groups excluding carboxylic acids is 1. The molecule has 20 heavy (non-hydrogen) atoms. The summed E-state index contributed by atoms with van der Waals surface area (Å²) in [5.74, 6) is -0.382. The average Bonchev–Trinajstić information content (AvgIpc) is 2.46. The molecule has 1 fully saturated rings. The minimum absolute atomic E-state index is 0.00852. The summed E-state index contributed by atoms with van der Waals surface area (Å²) in [7, 11) is 1.33. The maximum Gasteiger partial charge on any atom is 0.337 e. The minimum atomic E-state index is -2.31. The highest BCUT2D eigenvalue weighted by molar-refractivity contribution is 5.89. The number of esters is 1. The van der Waals surface area contributed by atoms with Crippen LogP contribution in [-0.4, -0.2) is 50.6 Å². The van der Waals surface area contributed by atoms with Gasteiger partial charge in [-0.25, -0.2) is 13.6 Å². The van der Waals surface area contributed by atoms with Gasteiger partial charge in [0.05, 0.1) is 19.2 Å². The number of nitrogens with one attached hydrogen (secondary N) is 1. The van der Waals surface area contributed by atoms with Gasteiger partial charge in [-0.15, -0.1) is 0 Å². The maximum atomic E-state index is 12.4. The first kappa shape index (κ1) is 14.9. The standard InChI is InChI=1S/C14H18F2N2O2/c1-20-14(19)11-4-2-10(3-5-11)12-8-18(7-6-17-12)9-13(15)16/h2-5,12-13,17H,6-9H2,1H3/t12-/m0/s1. The zero-order chi connectivity index (χ0) is 14.5. The molecule has 1 atom stereocenters. The van der Waals surface area contributed by atoms with Crippen molar-refractivity contribution >= 4 is 5.97 Å². The van der Waals surface area contributed by atoms with Crippen LogP contribution >= 0.6 is 0 Å². The van der Waals surface area contributed by atoms with Gasteiger partial charge in [-0.05, 0) is 17.7 Å². The number of alkyl halides is 2. The fourth-order valence-electron chi connectivity index (χ4n) is 2.36. The lowest BCUT2D eigenvalue weighted by Crippen LogP contribution is -2.47. The van der Waals surface area contributed by atoms with Crippen molar-refractivity contribution in [2.75, 3.05) is 33.3 Å². The minimum Gasteiger partial charge on any atom is -0.465 e. The Morgan fingerprint density at radius 1 is 1.45 bits per heavy atom. The van der Waals surface area contributed by atoms with Crippen molar-refractivity contribution in [1.29, 1.82) is 0 Å². The molecule has 4 nitrogen and oxygen atoms in total. The van der Waals surface area contributed by atoms with Crippen LogP contribution in [0.1, 0.15) is 22.0 Å². The number of piperazine rings is 1. The number of rotatable bonds is 4. The molecule has 1 aliphatic rings. The molecule has 0 spiro atoms. The Bertz CT molecular complexity index is 451. The molecule has 0 aromatic heterocycles. The molecule has 1 N–H and O–H groups in total. The highest BCUT2D eigenvalue weighted by Gasteiger charge is 2.22. The van der Waals surface area contributed by atoms with Crippen LogP contribution < -0.4 is 5.32 Å². The van der Waals surface area contributed by atoms with E-state index in [-0.39, 0.29) is 18.6 Å². The Labute approximate surface area is 116 Å². The van der Waals surface area contributed by atoms with Gasteiger partial charge in [0.15, 0.2) is 0 Å². The predicted octanol–water partition coefficient (Wildman–Crippen LogP) is 1.68. The van der Waals surface area contributed by atoms with Crippen LogP contribution in [0.4, 0.5) is 8.78 Å². The van der Waals surface area contributed by atoms with Gasteiger partial charge in [0, 0.05) is 25.7 Å². The van der Waals surface area contributed by atoms with E-state index in [1.807, 2.05) is 12.1 Å². The van der Waals surface area contributed by atoms with Gasteiger partial charge in [-0.3, -0.25) is 4.90 Å². The summed E-state index contributed by atoms with van der Waals surface area (Å²) in [6, 6.07) is 7.05. The molecule has 1 saturated heterocycles. The molecule has 110 valence electrons. The van der Waals surface area contributed by atoms with E-state index in [1.54, 1.807) is 17.0 Å². The number of hydrogen-bond acceptors (Lipinski definition) is 4. The SMILES string of the molecule is COC(=O)c1ccc([C@@H]2CN(CC(F)F)CCN2)cc1. The molecular weight excluding hydrogens is 266 g/mol. The van der Waals surface area contributed by atoms with Crippen LogP contribution in [0.3, 0.4) is 0 Å².